The number of carbonyl (C=O) groups excluding carboxylic acids is 1. The number of aryl methyl sites for hydroxylation is 1. The van der Waals surface area contributed by atoms with Gasteiger partial charge in [0.2, 0.25) is 5.91 Å². The van der Waals surface area contributed by atoms with Crippen molar-refractivity contribution in [3.05, 3.63) is 23.3 Å². The van der Waals surface area contributed by atoms with Crippen LogP contribution in [0.25, 0.3) is 0 Å². The topological polar surface area (TPSA) is 59.0 Å². The van der Waals surface area contributed by atoms with E-state index in [4.69, 9.17) is 9.47 Å². The summed E-state index contributed by atoms with van der Waals surface area (Å²) in [6.07, 6.45) is 0. The van der Waals surface area contributed by atoms with Gasteiger partial charge in [-0.1, -0.05) is 0 Å². The van der Waals surface area contributed by atoms with Crippen molar-refractivity contribution >= 4 is 5.91 Å². The van der Waals surface area contributed by atoms with Crippen molar-refractivity contribution < 1.29 is 19.4 Å². The number of fused-ring (bicyclic) bond motifs is 1. The molecule has 2 rings (SSSR count). The number of aliphatic hydroxyl groups is 1. The van der Waals surface area contributed by atoms with Crippen molar-refractivity contribution in [3.8, 4) is 11.5 Å². The fourth-order valence-corrected chi connectivity index (χ4v) is 2.21. The number of hydrogen-bond donors (Lipinski definition) is 1. The van der Waals surface area contributed by atoms with Crippen molar-refractivity contribution in [1.82, 2.24) is 4.90 Å². The summed E-state index contributed by atoms with van der Waals surface area (Å²) in [7, 11) is 1.68. The molecule has 5 nitrogen and oxygen atoms in total. The Labute approximate surface area is 112 Å². The van der Waals surface area contributed by atoms with Crippen molar-refractivity contribution in [1.29, 1.82) is 0 Å². The Bertz CT molecular complexity index is 487. The maximum absolute atomic E-state index is 11.5. The zero-order valence-electron chi connectivity index (χ0n) is 11.5. The molecule has 0 fully saturated rings. The van der Waals surface area contributed by atoms with Gasteiger partial charge >= 0.3 is 0 Å². The van der Waals surface area contributed by atoms with E-state index in [-0.39, 0.29) is 18.6 Å². The predicted molar refractivity (Wildman–Crippen MR) is 70.4 cm³/mol. The predicted octanol–water partition coefficient (Wildman–Crippen LogP) is 1.28. The Morgan fingerprint density at radius 1 is 1.37 bits per heavy atom. The molecule has 0 spiro atoms. The Morgan fingerprint density at radius 2 is 1.95 bits per heavy atom. The fraction of sp³-hybridized carbons (Fsp3) is 0.500. The van der Waals surface area contributed by atoms with E-state index in [9.17, 15) is 9.90 Å². The van der Waals surface area contributed by atoms with Crippen LogP contribution in [-0.4, -0.2) is 42.8 Å². The van der Waals surface area contributed by atoms with Crippen LogP contribution in [0.2, 0.25) is 0 Å². The molecule has 1 unspecified atom stereocenters. The van der Waals surface area contributed by atoms with Crippen LogP contribution in [-0.2, 0) is 4.79 Å². The lowest BCUT2D eigenvalue weighted by Gasteiger charge is -2.29. The molecule has 1 aromatic carbocycles. The second kappa shape index (κ2) is 5.48. The molecule has 19 heavy (non-hydrogen) atoms. The minimum Gasteiger partial charge on any atom is -0.486 e. The van der Waals surface area contributed by atoms with Crippen molar-refractivity contribution in [2.24, 2.45) is 0 Å². The van der Waals surface area contributed by atoms with E-state index in [1.807, 2.05) is 19.1 Å². The molecule has 0 saturated carbocycles. The molecule has 1 amide bonds. The lowest BCUT2D eigenvalue weighted by molar-refractivity contribution is -0.130. The van der Waals surface area contributed by atoms with Gasteiger partial charge in [-0.25, -0.2) is 0 Å². The summed E-state index contributed by atoms with van der Waals surface area (Å²) in [6, 6.07) is 3.37. The van der Waals surface area contributed by atoms with Crippen LogP contribution in [0.5, 0.6) is 11.5 Å². The number of ether oxygens (including phenoxy) is 2. The summed E-state index contributed by atoms with van der Waals surface area (Å²) in [4.78, 5) is 13.0. The average Bonchev–Trinajstić information content (AvgIpc) is 2.39. The summed E-state index contributed by atoms with van der Waals surface area (Å²) < 4.78 is 11.1. The van der Waals surface area contributed by atoms with Gasteiger partial charge in [0.05, 0.1) is 12.6 Å². The van der Waals surface area contributed by atoms with Crippen LogP contribution in [0.3, 0.4) is 0 Å². The fourth-order valence-electron chi connectivity index (χ4n) is 2.21. The maximum atomic E-state index is 11.5. The van der Waals surface area contributed by atoms with Crippen LogP contribution in [0.4, 0.5) is 0 Å². The van der Waals surface area contributed by atoms with Crippen LogP contribution < -0.4 is 9.47 Å². The van der Waals surface area contributed by atoms with Crippen LogP contribution in [0.15, 0.2) is 12.1 Å². The molecule has 1 aromatic rings. The van der Waals surface area contributed by atoms with E-state index in [1.165, 1.54) is 11.8 Å². The molecule has 5 heteroatoms. The zero-order valence-corrected chi connectivity index (χ0v) is 11.5. The second-order valence-corrected chi connectivity index (χ2v) is 4.68. The van der Waals surface area contributed by atoms with E-state index in [1.54, 1.807) is 7.05 Å². The van der Waals surface area contributed by atoms with Gasteiger partial charge in [0.15, 0.2) is 11.5 Å². The zero-order chi connectivity index (χ0) is 14.0. The largest absolute Gasteiger partial charge is 0.486 e. The Balaban J connectivity index is 2.40. The van der Waals surface area contributed by atoms with E-state index >= 15 is 0 Å². The number of aliphatic hydroxyl groups excluding tert-OH is 1. The maximum Gasteiger partial charge on any atom is 0.219 e. The van der Waals surface area contributed by atoms with Gasteiger partial charge in [-0.3, -0.25) is 4.79 Å². The normalized spacial score (nSPS) is 14.9. The molecule has 1 N–H and O–H groups in total. The molecule has 0 radical (unpaired) electrons. The molecule has 0 aliphatic carbocycles. The second-order valence-electron chi connectivity index (χ2n) is 4.68. The third-order valence-electron chi connectivity index (χ3n) is 3.43. The highest BCUT2D eigenvalue weighted by molar-refractivity contribution is 5.73. The summed E-state index contributed by atoms with van der Waals surface area (Å²) in [5, 5.41) is 9.56. The minimum atomic E-state index is -0.367. The minimum absolute atomic E-state index is 0.0895. The molecular weight excluding hydrogens is 246 g/mol. The number of hydrogen-bond acceptors (Lipinski definition) is 4. The first-order valence-electron chi connectivity index (χ1n) is 6.29. The number of rotatable bonds is 3. The van der Waals surface area contributed by atoms with Crippen LogP contribution >= 0.6 is 0 Å². The van der Waals surface area contributed by atoms with Gasteiger partial charge in [0, 0.05) is 14.0 Å². The monoisotopic (exact) mass is 265 g/mol. The first-order valence-corrected chi connectivity index (χ1v) is 6.29. The smallest absolute Gasteiger partial charge is 0.219 e. The summed E-state index contributed by atoms with van der Waals surface area (Å²) in [5.74, 6) is 1.30. The SMILES string of the molecule is CC(=O)N(C)C(CO)c1cc2c(cc1C)OCCO2. The Kier molecular flexibility index (Phi) is 3.95. The van der Waals surface area contributed by atoms with Gasteiger partial charge in [0.25, 0.3) is 0 Å². The molecule has 0 aromatic heterocycles. The summed E-state index contributed by atoms with van der Waals surface area (Å²) >= 11 is 0. The van der Waals surface area contributed by atoms with Gasteiger partial charge in [-0.2, -0.15) is 0 Å². The molecule has 0 bridgehead atoms. The molecule has 0 saturated heterocycles. The van der Waals surface area contributed by atoms with Gasteiger partial charge in [-0.05, 0) is 30.2 Å². The highest BCUT2D eigenvalue weighted by Crippen LogP contribution is 2.36. The number of nitrogens with zero attached hydrogens (tertiary/aromatic N) is 1. The Morgan fingerprint density at radius 3 is 2.47 bits per heavy atom. The van der Waals surface area contributed by atoms with Crippen LogP contribution in [0, 0.1) is 6.92 Å². The first kappa shape index (κ1) is 13.7. The van der Waals surface area contributed by atoms with Gasteiger partial charge in [0.1, 0.15) is 13.2 Å². The van der Waals surface area contributed by atoms with Crippen molar-refractivity contribution in [2.45, 2.75) is 19.9 Å². The number of amides is 1. The molecule has 1 atom stereocenters. The standard InChI is InChI=1S/C14H19NO4/c1-9-6-13-14(19-5-4-18-13)7-11(9)12(8-16)15(3)10(2)17/h6-7,12,16H,4-5,8H2,1-3H3. The van der Waals surface area contributed by atoms with Crippen LogP contribution in [0.1, 0.15) is 24.1 Å². The van der Waals surface area contributed by atoms with Crippen molar-refractivity contribution in [2.75, 3.05) is 26.9 Å². The third kappa shape index (κ3) is 2.66. The average molecular weight is 265 g/mol. The molecule has 1 aliphatic rings. The number of likely N-dealkylation sites (N-methyl/N-ethyl adjacent to an activating group) is 1. The highest BCUT2D eigenvalue weighted by Gasteiger charge is 2.23. The first-order chi connectivity index (χ1) is 9.04. The number of carbonyl (C=O) groups is 1. The summed E-state index contributed by atoms with van der Waals surface area (Å²) in [6.45, 7) is 4.35. The molecule has 104 valence electrons. The lowest BCUT2D eigenvalue weighted by atomic mass is 9.99. The lowest BCUT2D eigenvalue weighted by Crippen LogP contribution is -2.32. The number of benzene rings is 1. The van der Waals surface area contributed by atoms with E-state index < -0.39 is 0 Å². The molecule has 1 aliphatic heterocycles. The van der Waals surface area contributed by atoms with Gasteiger partial charge < -0.3 is 19.5 Å². The summed E-state index contributed by atoms with van der Waals surface area (Å²) in [5.41, 5.74) is 1.85. The van der Waals surface area contributed by atoms with E-state index in [2.05, 4.69) is 0 Å². The quantitative estimate of drug-likeness (QED) is 0.894. The van der Waals surface area contributed by atoms with E-state index in [0.717, 1.165) is 16.9 Å². The highest BCUT2D eigenvalue weighted by atomic mass is 16.6. The van der Waals surface area contributed by atoms with Gasteiger partial charge in [-0.15, -0.1) is 0 Å². The van der Waals surface area contributed by atoms with Crippen molar-refractivity contribution in [3.63, 3.8) is 0 Å². The molecule has 1 heterocycles. The van der Waals surface area contributed by atoms with E-state index in [0.29, 0.717) is 19.0 Å². The third-order valence-corrected chi connectivity index (χ3v) is 3.43. The Hall–Kier alpha value is -1.75. The molecular formula is C14H19NO4.